The van der Waals surface area contributed by atoms with Gasteiger partial charge in [-0.15, -0.1) is 0 Å². The number of hydroxylamine groups is 2. The number of carboxylic acids is 1. The summed E-state index contributed by atoms with van der Waals surface area (Å²) >= 11 is 1.67. The summed E-state index contributed by atoms with van der Waals surface area (Å²) in [6.45, 7) is 0. The summed E-state index contributed by atoms with van der Waals surface area (Å²) < 4.78 is 0. The van der Waals surface area contributed by atoms with Gasteiger partial charge in [0.2, 0.25) is 0 Å². The zero-order chi connectivity index (χ0) is 15.3. The topological polar surface area (TPSA) is 63.6 Å². The summed E-state index contributed by atoms with van der Waals surface area (Å²) in [4.78, 5) is 12.4. The van der Waals surface area contributed by atoms with E-state index in [1.165, 1.54) is 35.1 Å². The molecule has 0 unspecified atom stereocenters. The van der Waals surface area contributed by atoms with E-state index < -0.39 is 5.97 Å². The summed E-state index contributed by atoms with van der Waals surface area (Å²) in [5, 5.41) is 24.2. The van der Waals surface area contributed by atoms with E-state index in [1.54, 1.807) is 11.8 Å². The quantitative estimate of drug-likeness (QED) is 0.786. The highest BCUT2D eigenvalue weighted by Gasteiger charge is 2.31. The number of fused-ring (bicyclic) bond motifs is 3. The van der Waals surface area contributed by atoms with Crippen molar-refractivity contribution in [2.75, 3.05) is 0 Å². The molecule has 1 N–H and O–H groups in total. The molecule has 4 nitrogen and oxygen atoms in total. The van der Waals surface area contributed by atoms with Crippen molar-refractivity contribution in [3.63, 3.8) is 0 Å². The molecule has 4 rings (SSSR count). The molecule has 114 valence electrons. The van der Waals surface area contributed by atoms with Crippen LogP contribution in [0.15, 0.2) is 56.2 Å². The number of allylic oxidation sites excluding steroid dienone is 5. The molecule has 4 aliphatic rings. The number of carbonyl (C=O) groups is 1. The van der Waals surface area contributed by atoms with Gasteiger partial charge in [0.25, 0.3) is 0 Å². The van der Waals surface area contributed by atoms with E-state index in [4.69, 9.17) is 5.11 Å². The third kappa shape index (κ3) is 2.08. The van der Waals surface area contributed by atoms with Crippen molar-refractivity contribution in [3.8, 4) is 0 Å². The first kappa shape index (κ1) is 13.9. The number of carboxylic acid groups (broad SMARTS) is 1. The van der Waals surface area contributed by atoms with Gasteiger partial charge in [-0.1, -0.05) is 17.8 Å². The average molecular weight is 314 g/mol. The molecule has 5 heteroatoms. The molecule has 0 radical (unpaired) electrons. The number of rotatable bonds is 1. The Morgan fingerprint density at radius 1 is 1.23 bits per heavy atom. The Balaban J connectivity index is 1.81. The first-order chi connectivity index (χ1) is 10.6. The van der Waals surface area contributed by atoms with Crippen molar-refractivity contribution >= 4 is 17.7 Å². The minimum atomic E-state index is -1.02. The van der Waals surface area contributed by atoms with Crippen LogP contribution >= 0.6 is 11.8 Å². The second kappa shape index (κ2) is 5.18. The maximum atomic E-state index is 12.4. The van der Waals surface area contributed by atoms with E-state index in [2.05, 4.69) is 6.08 Å². The number of aliphatic carboxylic acids is 1. The minimum absolute atomic E-state index is 0.159. The monoisotopic (exact) mass is 314 g/mol. The fraction of sp³-hybridized carbons (Fsp3) is 0.353. The molecule has 22 heavy (non-hydrogen) atoms. The van der Waals surface area contributed by atoms with Crippen LogP contribution in [0.4, 0.5) is 0 Å². The Morgan fingerprint density at radius 3 is 2.86 bits per heavy atom. The van der Waals surface area contributed by atoms with Gasteiger partial charge in [-0.3, -0.25) is 0 Å². The molecular formula is C17H16NO3S-. The SMILES string of the molecule is O=C(O)C1=CN([O-])C2=C3CC=C4CCCCC4=C3SC=C2C1. The van der Waals surface area contributed by atoms with Crippen molar-refractivity contribution < 1.29 is 9.90 Å². The highest BCUT2D eigenvalue weighted by molar-refractivity contribution is 8.06. The Kier molecular flexibility index (Phi) is 3.27. The minimum Gasteiger partial charge on any atom is -0.754 e. The van der Waals surface area contributed by atoms with E-state index in [-0.39, 0.29) is 5.57 Å². The molecule has 1 saturated carbocycles. The van der Waals surface area contributed by atoms with Crippen molar-refractivity contribution in [2.24, 2.45) is 0 Å². The third-order valence-corrected chi connectivity index (χ3v) is 5.80. The van der Waals surface area contributed by atoms with Gasteiger partial charge in [-0.25, -0.2) is 4.79 Å². The second-order valence-corrected chi connectivity index (χ2v) is 6.88. The van der Waals surface area contributed by atoms with Gasteiger partial charge in [-0.2, -0.15) is 0 Å². The van der Waals surface area contributed by atoms with Crippen LogP contribution in [-0.4, -0.2) is 16.1 Å². The van der Waals surface area contributed by atoms with Crippen molar-refractivity contribution in [3.05, 3.63) is 61.4 Å². The average Bonchev–Trinajstić information content (AvgIpc) is 2.53. The lowest BCUT2D eigenvalue weighted by molar-refractivity contribution is -0.132. The normalized spacial score (nSPS) is 24.0. The molecule has 0 aromatic carbocycles. The molecular weight excluding hydrogens is 298 g/mol. The van der Waals surface area contributed by atoms with E-state index in [0.29, 0.717) is 12.1 Å². The van der Waals surface area contributed by atoms with Gasteiger partial charge in [0.05, 0.1) is 5.57 Å². The summed E-state index contributed by atoms with van der Waals surface area (Å²) in [6, 6.07) is 0. The van der Waals surface area contributed by atoms with E-state index in [9.17, 15) is 10.0 Å². The van der Waals surface area contributed by atoms with E-state index in [0.717, 1.165) is 35.5 Å². The number of hydrogen-bond donors (Lipinski definition) is 1. The number of thioether (sulfide) groups is 1. The van der Waals surface area contributed by atoms with Crippen LogP contribution in [-0.2, 0) is 4.79 Å². The zero-order valence-electron chi connectivity index (χ0n) is 12.1. The summed E-state index contributed by atoms with van der Waals surface area (Å²) in [7, 11) is 0. The number of hydrogen-bond acceptors (Lipinski definition) is 4. The zero-order valence-corrected chi connectivity index (χ0v) is 12.9. The van der Waals surface area contributed by atoms with Crippen LogP contribution in [0, 0.1) is 5.21 Å². The lowest BCUT2D eigenvalue weighted by Crippen LogP contribution is -2.24. The fourth-order valence-electron chi connectivity index (χ4n) is 3.63. The highest BCUT2D eigenvalue weighted by Crippen LogP contribution is 2.50. The predicted molar refractivity (Wildman–Crippen MR) is 86.4 cm³/mol. The van der Waals surface area contributed by atoms with Gasteiger partial charge in [-0.05, 0) is 59.8 Å². The third-order valence-electron chi connectivity index (χ3n) is 4.67. The Morgan fingerprint density at radius 2 is 2.05 bits per heavy atom. The Labute approximate surface area is 133 Å². The van der Waals surface area contributed by atoms with Crippen molar-refractivity contribution in [2.45, 2.75) is 38.5 Å². The Bertz CT molecular complexity index is 724. The second-order valence-electron chi connectivity index (χ2n) is 6.00. The standard InChI is InChI=1S/C17H16NO3S/c19-17(20)11-7-12-9-22-16-13-4-2-1-3-10(13)5-6-14(16)15(12)18(21)8-11/h5,8-9H,1-4,6-7H2,(H,19,20)/q-1. The van der Waals surface area contributed by atoms with Crippen LogP contribution in [0.25, 0.3) is 0 Å². The Hall–Kier alpha value is -1.72. The van der Waals surface area contributed by atoms with Crippen LogP contribution in [0.1, 0.15) is 38.5 Å². The van der Waals surface area contributed by atoms with Gasteiger partial charge in [0.15, 0.2) is 0 Å². The molecule has 0 bridgehead atoms. The molecule has 2 heterocycles. The molecule has 0 aromatic heterocycles. The fourth-order valence-corrected chi connectivity index (χ4v) is 4.78. The van der Waals surface area contributed by atoms with Gasteiger partial charge in [0.1, 0.15) is 0 Å². The van der Waals surface area contributed by atoms with Crippen LogP contribution < -0.4 is 0 Å². The van der Waals surface area contributed by atoms with Gasteiger partial charge in [0, 0.05) is 23.2 Å². The lowest BCUT2D eigenvalue weighted by atomic mass is 9.82. The highest BCUT2D eigenvalue weighted by atomic mass is 32.2. The molecule has 0 spiro atoms. The summed E-state index contributed by atoms with van der Waals surface area (Å²) in [5.74, 6) is -1.02. The maximum Gasteiger partial charge on any atom is 0.333 e. The molecule has 0 amide bonds. The molecule has 2 aliphatic carbocycles. The number of nitrogens with zero attached hydrogens (tertiary/aromatic N) is 1. The van der Waals surface area contributed by atoms with E-state index in [1.807, 2.05) is 5.41 Å². The summed E-state index contributed by atoms with van der Waals surface area (Å²) in [5.41, 5.74) is 5.61. The molecule has 0 aromatic rings. The molecule has 2 aliphatic heterocycles. The molecule has 0 saturated heterocycles. The largest absolute Gasteiger partial charge is 0.754 e. The summed E-state index contributed by atoms with van der Waals surface area (Å²) in [6.07, 6.45) is 9.28. The first-order valence-electron chi connectivity index (χ1n) is 7.57. The predicted octanol–water partition coefficient (Wildman–Crippen LogP) is 4.20. The van der Waals surface area contributed by atoms with Crippen LogP contribution in [0.2, 0.25) is 0 Å². The first-order valence-corrected chi connectivity index (χ1v) is 8.45. The van der Waals surface area contributed by atoms with Crippen molar-refractivity contribution in [1.29, 1.82) is 0 Å². The van der Waals surface area contributed by atoms with E-state index >= 15 is 0 Å². The van der Waals surface area contributed by atoms with Crippen LogP contribution in [0.5, 0.6) is 0 Å². The van der Waals surface area contributed by atoms with Gasteiger partial charge >= 0.3 is 5.97 Å². The van der Waals surface area contributed by atoms with Crippen molar-refractivity contribution in [1.82, 2.24) is 5.06 Å². The van der Waals surface area contributed by atoms with Crippen LogP contribution in [0.3, 0.4) is 0 Å². The smallest absolute Gasteiger partial charge is 0.333 e. The van der Waals surface area contributed by atoms with Gasteiger partial charge < -0.3 is 15.4 Å². The lowest BCUT2D eigenvalue weighted by Gasteiger charge is -2.41. The molecule has 0 atom stereocenters. The molecule has 1 fully saturated rings. The maximum absolute atomic E-state index is 12.4.